The van der Waals surface area contributed by atoms with Crippen LogP contribution < -0.4 is 0 Å². The fraction of sp³-hybridized carbons (Fsp3) is 0.333. The molecule has 15 heavy (non-hydrogen) atoms. The molecular weight excluding hydrogens is 186 g/mol. The number of fused-ring (bicyclic) bond motifs is 1. The van der Waals surface area contributed by atoms with Gasteiger partial charge in [-0.05, 0) is 24.1 Å². The van der Waals surface area contributed by atoms with Crippen molar-refractivity contribution in [2.75, 3.05) is 0 Å². The van der Waals surface area contributed by atoms with Crippen molar-refractivity contribution in [2.45, 2.75) is 26.2 Å². The van der Waals surface area contributed by atoms with Crippen LogP contribution >= 0.6 is 0 Å². The Morgan fingerprint density at radius 1 is 1.47 bits per heavy atom. The lowest BCUT2D eigenvalue weighted by Crippen LogP contribution is -1.83. The number of imidazole rings is 1. The number of H-pyrrole nitrogens is 1. The summed E-state index contributed by atoms with van der Waals surface area (Å²) in [4.78, 5) is 7.70. The molecule has 0 unspecified atom stereocenters. The Labute approximate surface area is 88.8 Å². The molecule has 0 radical (unpaired) electrons. The number of nitrogens with one attached hydrogen (secondary N) is 1. The molecule has 0 aliphatic heterocycles. The van der Waals surface area contributed by atoms with Crippen molar-refractivity contribution in [3.8, 4) is 6.07 Å². The molecule has 0 amide bonds. The predicted molar refractivity (Wildman–Crippen MR) is 59.4 cm³/mol. The molecule has 2 aromatic rings. The van der Waals surface area contributed by atoms with E-state index < -0.39 is 0 Å². The van der Waals surface area contributed by atoms with Gasteiger partial charge >= 0.3 is 0 Å². The summed E-state index contributed by atoms with van der Waals surface area (Å²) in [6.07, 6.45) is 2.30. The minimum atomic E-state index is 0.570. The molecule has 0 fully saturated rings. The van der Waals surface area contributed by atoms with Gasteiger partial charge in [0.15, 0.2) is 0 Å². The maximum atomic E-state index is 8.51. The van der Waals surface area contributed by atoms with Gasteiger partial charge in [-0.3, -0.25) is 0 Å². The third-order valence-electron chi connectivity index (χ3n) is 2.46. The second-order valence-corrected chi connectivity index (χ2v) is 3.55. The van der Waals surface area contributed by atoms with E-state index in [2.05, 4.69) is 29.0 Å². The molecule has 1 N–H and O–H groups in total. The molecular formula is C12H13N3. The number of aromatic amines is 1. The first-order valence-corrected chi connectivity index (χ1v) is 5.18. The Bertz CT molecular complexity index is 505. The number of hydrogen-bond donors (Lipinski definition) is 1. The zero-order valence-corrected chi connectivity index (χ0v) is 8.75. The third kappa shape index (κ3) is 1.99. The number of nitrogens with zero attached hydrogens (tertiary/aromatic N) is 2. The van der Waals surface area contributed by atoms with Crippen LogP contribution in [0.1, 0.15) is 24.7 Å². The lowest BCUT2D eigenvalue weighted by Gasteiger charge is -1.95. The highest BCUT2D eigenvalue weighted by molar-refractivity contribution is 5.75. The third-order valence-corrected chi connectivity index (χ3v) is 2.46. The van der Waals surface area contributed by atoms with Crippen molar-refractivity contribution >= 4 is 11.0 Å². The van der Waals surface area contributed by atoms with Crippen molar-refractivity contribution in [1.82, 2.24) is 9.97 Å². The SMILES string of the molecule is CCc1nc2ccc(CCC#N)cc2[nH]1. The van der Waals surface area contributed by atoms with Gasteiger partial charge in [0, 0.05) is 12.8 Å². The number of aryl methyl sites for hydroxylation is 2. The van der Waals surface area contributed by atoms with Crippen LogP contribution in [0.2, 0.25) is 0 Å². The van der Waals surface area contributed by atoms with Gasteiger partial charge in [0.2, 0.25) is 0 Å². The van der Waals surface area contributed by atoms with Crippen LogP contribution in [0.15, 0.2) is 18.2 Å². The van der Waals surface area contributed by atoms with Crippen LogP contribution in [-0.4, -0.2) is 9.97 Å². The van der Waals surface area contributed by atoms with Gasteiger partial charge in [-0.1, -0.05) is 13.0 Å². The average molecular weight is 199 g/mol. The van der Waals surface area contributed by atoms with E-state index >= 15 is 0 Å². The first kappa shape index (κ1) is 9.72. The fourth-order valence-electron chi connectivity index (χ4n) is 1.63. The number of hydrogen-bond acceptors (Lipinski definition) is 2. The molecule has 76 valence electrons. The summed E-state index contributed by atoms with van der Waals surface area (Å²) in [5.74, 6) is 1.02. The molecule has 0 spiro atoms. The molecule has 0 atom stereocenters. The topological polar surface area (TPSA) is 52.5 Å². The number of benzene rings is 1. The summed E-state index contributed by atoms with van der Waals surface area (Å²) in [6, 6.07) is 8.29. The highest BCUT2D eigenvalue weighted by Crippen LogP contribution is 2.15. The Hall–Kier alpha value is -1.82. The monoisotopic (exact) mass is 199 g/mol. The van der Waals surface area contributed by atoms with Gasteiger partial charge in [-0.2, -0.15) is 5.26 Å². The summed E-state index contributed by atoms with van der Waals surface area (Å²) in [6.45, 7) is 2.08. The summed E-state index contributed by atoms with van der Waals surface area (Å²) >= 11 is 0. The summed E-state index contributed by atoms with van der Waals surface area (Å²) in [7, 11) is 0. The van der Waals surface area contributed by atoms with Gasteiger partial charge in [-0.25, -0.2) is 4.98 Å². The molecule has 3 nitrogen and oxygen atoms in total. The van der Waals surface area contributed by atoms with Crippen LogP contribution in [0, 0.1) is 11.3 Å². The minimum absolute atomic E-state index is 0.570. The lowest BCUT2D eigenvalue weighted by molar-refractivity contribution is 0.999. The van der Waals surface area contributed by atoms with Crippen molar-refractivity contribution in [3.63, 3.8) is 0 Å². The van der Waals surface area contributed by atoms with E-state index in [0.717, 1.165) is 29.7 Å². The number of rotatable bonds is 3. The minimum Gasteiger partial charge on any atom is -0.342 e. The first-order chi connectivity index (χ1) is 7.33. The summed E-state index contributed by atoms with van der Waals surface area (Å²) in [5, 5.41) is 8.51. The molecule has 1 aromatic heterocycles. The zero-order valence-electron chi connectivity index (χ0n) is 8.75. The van der Waals surface area contributed by atoms with E-state index in [1.54, 1.807) is 0 Å². The van der Waals surface area contributed by atoms with Crippen LogP contribution in [0.4, 0.5) is 0 Å². The molecule has 1 heterocycles. The molecule has 1 aromatic carbocycles. The molecule has 0 bridgehead atoms. The highest BCUT2D eigenvalue weighted by atomic mass is 14.9. The zero-order chi connectivity index (χ0) is 10.7. The molecule has 0 aliphatic rings. The van der Waals surface area contributed by atoms with Crippen molar-refractivity contribution in [2.24, 2.45) is 0 Å². The van der Waals surface area contributed by atoms with Gasteiger partial charge in [-0.15, -0.1) is 0 Å². The van der Waals surface area contributed by atoms with Gasteiger partial charge in [0.25, 0.3) is 0 Å². The molecule has 0 aliphatic carbocycles. The lowest BCUT2D eigenvalue weighted by atomic mass is 10.1. The molecule has 0 saturated carbocycles. The number of aromatic nitrogens is 2. The first-order valence-electron chi connectivity index (χ1n) is 5.18. The normalized spacial score (nSPS) is 10.4. The Morgan fingerprint density at radius 2 is 2.33 bits per heavy atom. The standard InChI is InChI=1S/C12H13N3/c1-2-12-14-10-6-5-9(4-3-7-13)8-11(10)15-12/h5-6,8H,2-4H2,1H3,(H,14,15). The number of nitriles is 1. The van der Waals surface area contributed by atoms with E-state index in [1.807, 2.05) is 12.1 Å². The quantitative estimate of drug-likeness (QED) is 0.826. The molecule has 0 saturated heterocycles. The Morgan fingerprint density at radius 3 is 3.07 bits per heavy atom. The largest absolute Gasteiger partial charge is 0.342 e. The van der Waals surface area contributed by atoms with Crippen LogP contribution in [0.3, 0.4) is 0 Å². The van der Waals surface area contributed by atoms with E-state index in [-0.39, 0.29) is 0 Å². The van der Waals surface area contributed by atoms with Gasteiger partial charge < -0.3 is 4.98 Å². The Balaban J connectivity index is 2.34. The smallest absolute Gasteiger partial charge is 0.106 e. The molecule has 2 rings (SSSR count). The highest BCUT2D eigenvalue weighted by Gasteiger charge is 2.01. The fourth-order valence-corrected chi connectivity index (χ4v) is 1.63. The van der Waals surface area contributed by atoms with E-state index in [4.69, 9.17) is 5.26 Å². The van der Waals surface area contributed by atoms with Crippen LogP contribution in [0.25, 0.3) is 11.0 Å². The summed E-state index contributed by atoms with van der Waals surface area (Å²) < 4.78 is 0. The van der Waals surface area contributed by atoms with Crippen molar-refractivity contribution in [3.05, 3.63) is 29.6 Å². The van der Waals surface area contributed by atoms with Crippen molar-refractivity contribution < 1.29 is 0 Å². The predicted octanol–water partition coefficient (Wildman–Crippen LogP) is 2.58. The van der Waals surface area contributed by atoms with Gasteiger partial charge in [0.1, 0.15) is 5.82 Å². The maximum absolute atomic E-state index is 8.51. The van der Waals surface area contributed by atoms with E-state index in [0.29, 0.717) is 6.42 Å². The average Bonchev–Trinajstić information content (AvgIpc) is 2.68. The van der Waals surface area contributed by atoms with Crippen molar-refractivity contribution in [1.29, 1.82) is 5.26 Å². The van der Waals surface area contributed by atoms with E-state index in [1.165, 1.54) is 5.56 Å². The van der Waals surface area contributed by atoms with Crippen LogP contribution in [-0.2, 0) is 12.8 Å². The molecule has 3 heteroatoms. The second kappa shape index (κ2) is 4.14. The Kier molecular flexibility index (Phi) is 2.68. The van der Waals surface area contributed by atoms with Gasteiger partial charge in [0.05, 0.1) is 17.1 Å². The van der Waals surface area contributed by atoms with E-state index in [9.17, 15) is 0 Å². The maximum Gasteiger partial charge on any atom is 0.106 e. The van der Waals surface area contributed by atoms with Crippen LogP contribution in [0.5, 0.6) is 0 Å². The second-order valence-electron chi connectivity index (χ2n) is 3.55. The summed E-state index contributed by atoms with van der Waals surface area (Å²) in [5.41, 5.74) is 3.27.